The molecule has 2 rings (SSSR count). The molecule has 0 bridgehead atoms. The van der Waals surface area contributed by atoms with Gasteiger partial charge in [-0.05, 0) is 44.6 Å². The van der Waals surface area contributed by atoms with Gasteiger partial charge < -0.3 is 5.32 Å². The van der Waals surface area contributed by atoms with E-state index in [1.54, 1.807) is 0 Å². The Kier molecular flexibility index (Phi) is 4.81. The molecule has 0 radical (unpaired) electrons. The normalized spacial score (nSPS) is 26.2. The van der Waals surface area contributed by atoms with E-state index in [2.05, 4.69) is 48.3 Å². The van der Waals surface area contributed by atoms with E-state index in [0.717, 1.165) is 18.9 Å². The van der Waals surface area contributed by atoms with Crippen molar-refractivity contribution in [1.29, 1.82) is 0 Å². The molecule has 1 heterocycles. The molecule has 1 fully saturated rings. The average molecular weight is 249 g/mol. The van der Waals surface area contributed by atoms with Crippen LogP contribution in [0.2, 0.25) is 0 Å². The van der Waals surface area contributed by atoms with Crippen molar-refractivity contribution in [3.63, 3.8) is 0 Å². The topological polar surface area (TPSA) is 29.9 Å². The molecule has 3 nitrogen and oxygen atoms in total. The summed E-state index contributed by atoms with van der Waals surface area (Å²) in [6, 6.07) is 1.10. The molecule has 3 heteroatoms. The summed E-state index contributed by atoms with van der Waals surface area (Å²) < 4.78 is 2.21. The second-order valence-electron chi connectivity index (χ2n) is 5.69. The van der Waals surface area contributed by atoms with Gasteiger partial charge in [0, 0.05) is 17.8 Å². The lowest BCUT2D eigenvalue weighted by molar-refractivity contribution is 0.273. The number of hydrogen-bond donors (Lipinski definition) is 1. The lowest BCUT2D eigenvalue weighted by Crippen LogP contribution is -2.20. The van der Waals surface area contributed by atoms with E-state index in [1.165, 1.54) is 31.2 Å². The maximum absolute atomic E-state index is 4.59. The van der Waals surface area contributed by atoms with E-state index in [0.29, 0.717) is 12.1 Å². The van der Waals surface area contributed by atoms with E-state index in [4.69, 9.17) is 0 Å². The highest BCUT2D eigenvalue weighted by Crippen LogP contribution is 2.31. The van der Waals surface area contributed by atoms with Crippen LogP contribution in [-0.4, -0.2) is 16.3 Å². The number of rotatable bonds is 5. The van der Waals surface area contributed by atoms with Gasteiger partial charge in [0.25, 0.3) is 0 Å². The highest BCUT2D eigenvalue weighted by molar-refractivity contribution is 5.10. The van der Waals surface area contributed by atoms with Crippen molar-refractivity contribution in [3.05, 3.63) is 18.0 Å². The van der Waals surface area contributed by atoms with Crippen LogP contribution in [0.25, 0.3) is 0 Å². The molecular weight excluding hydrogens is 222 g/mol. The lowest BCUT2D eigenvalue weighted by atomic mass is 9.87. The summed E-state index contributed by atoms with van der Waals surface area (Å²) >= 11 is 0. The Balaban J connectivity index is 2.00. The fourth-order valence-corrected chi connectivity index (χ4v) is 2.98. The minimum absolute atomic E-state index is 0.464. The molecule has 102 valence electrons. The monoisotopic (exact) mass is 249 g/mol. The summed E-state index contributed by atoms with van der Waals surface area (Å²) in [6.07, 6.45) is 10.7. The molecule has 1 N–H and O–H groups in total. The summed E-state index contributed by atoms with van der Waals surface area (Å²) in [4.78, 5) is 0. The van der Waals surface area contributed by atoms with Crippen LogP contribution in [0.4, 0.5) is 0 Å². The standard InChI is InChI=1S/C15H27N3/c1-4-15(16-5-2)13-10-17-18(11-13)14-8-6-12(3)7-9-14/h10-12,14-16H,4-9H2,1-3H3. The summed E-state index contributed by atoms with van der Waals surface area (Å²) in [5, 5.41) is 8.11. The van der Waals surface area contributed by atoms with E-state index in [-0.39, 0.29) is 0 Å². The third kappa shape index (κ3) is 3.14. The van der Waals surface area contributed by atoms with Crippen molar-refractivity contribution < 1.29 is 0 Å². The maximum Gasteiger partial charge on any atom is 0.0537 e. The van der Waals surface area contributed by atoms with Gasteiger partial charge in [0.2, 0.25) is 0 Å². The first-order valence-corrected chi connectivity index (χ1v) is 7.52. The van der Waals surface area contributed by atoms with Gasteiger partial charge >= 0.3 is 0 Å². The molecule has 18 heavy (non-hydrogen) atoms. The number of aromatic nitrogens is 2. The Morgan fingerprint density at radius 3 is 2.67 bits per heavy atom. The van der Waals surface area contributed by atoms with Crippen LogP contribution in [0.5, 0.6) is 0 Å². The van der Waals surface area contributed by atoms with Crippen LogP contribution in [0.15, 0.2) is 12.4 Å². The van der Waals surface area contributed by atoms with Gasteiger partial charge in [0.05, 0.1) is 12.2 Å². The highest BCUT2D eigenvalue weighted by Gasteiger charge is 2.21. The zero-order chi connectivity index (χ0) is 13.0. The van der Waals surface area contributed by atoms with Crippen LogP contribution >= 0.6 is 0 Å². The molecule has 1 atom stereocenters. The van der Waals surface area contributed by atoms with Crippen LogP contribution in [0, 0.1) is 5.92 Å². The highest BCUT2D eigenvalue weighted by atomic mass is 15.3. The van der Waals surface area contributed by atoms with Crippen LogP contribution in [-0.2, 0) is 0 Å². The predicted molar refractivity (Wildman–Crippen MR) is 75.6 cm³/mol. The zero-order valence-corrected chi connectivity index (χ0v) is 12.0. The van der Waals surface area contributed by atoms with Gasteiger partial charge in [0.15, 0.2) is 0 Å². The molecule has 1 aliphatic rings. The largest absolute Gasteiger partial charge is 0.310 e. The summed E-state index contributed by atoms with van der Waals surface area (Å²) in [7, 11) is 0. The Labute approximate surface area is 111 Å². The summed E-state index contributed by atoms with van der Waals surface area (Å²) in [5.41, 5.74) is 1.35. The zero-order valence-electron chi connectivity index (χ0n) is 12.0. The van der Waals surface area contributed by atoms with Crippen LogP contribution in [0.1, 0.15) is 70.5 Å². The molecule has 1 unspecified atom stereocenters. The minimum atomic E-state index is 0.464. The Hall–Kier alpha value is -0.830. The summed E-state index contributed by atoms with van der Waals surface area (Å²) in [6.45, 7) is 7.77. The smallest absolute Gasteiger partial charge is 0.0537 e. The third-order valence-electron chi connectivity index (χ3n) is 4.24. The fraction of sp³-hybridized carbons (Fsp3) is 0.800. The second kappa shape index (κ2) is 6.37. The van der Waals surface area contributed by atoms with E-state index in [9.17, 15) is 0 Å². The maximum atomic E-state index is 4.59. The lowest BCUT2D eigenvalue weighted by Gasteiger charge is -2.26. The van der Waals surface area contributed by atoms with Gasteiger partial charge in [-0.1, -0.05) is 20.8 Å². The Morgan fingerprint density at radius 2 is 2.06 bits per heavy atom. The molecule has 1 aromatic rings. The van der Waals surface area contributed by atoms with Crippen molar-refractivity contribution in [3.8, 4) is 0 Å². The number of nitrogens with one attached hydrogen (secondary N) is 1. The number of hydrogen-bond acceptors (Lipinski definition) is 2. The van der Waals surface area contributed by atoms with Gasteiger partial charge in [0.1, 0.15) is 0 Å². The SMILES string of the molecule is CCNC(CC)c1cnn(C2CCC(C)CC2)c1. The van der Waals surface area contributed by atoms with Crippen LogP contribution < -0.4 is 5.32 Å². The van der Waals surface area contributed by atoms with Crippen LogP contribution in [0.3, 0.4) is 0 Å². The van der Waals surface area contributed by atoms with Gasteiger partial charge in [-0.2, -0.15) is 5.10 Å². The van der Waals surface area contributed by atoms with E-state index >= 15 is 0 Å². The predicted octanol–water partition coefficient (Wildman–Crippen LogP) is 3.69. The molecule has 0 aromatic carbocycles. The van der Waals surface area contributed by atoms with Crippen molar-refractivity contribution in [1.82, 2.24) is 15.1 Å². The van der Waals surface area contributed by atoms with Gasteiger partial charge in [-0.25, -0.2) is 0 Å². The van der Waals surface area contributed by atoms with E-state index < -0.39 is 0 Å². The molecule has 0 amide bonds. The van der Waals surface area contributed by atoms with Crippen molar-refractivity contribution in [2.24, 2.45) is 5.92 Å². The quantitative estimate of drug-likeness (QED) is 0.862. The van der Waals surface area contributed by atoms with E-state index in [1.807, 2.05) is 0 Å². The molecule has 0 saturated heterocycles. The van der Waals surface area contributed by atoms with Crippen molar-refractivity contribution in [2.75, 3.05) is 6.54 Å². The van der Waals surface area contributed by atoms with Crippen molar-refractivity contribution in [2.45, 2.75) is 65.0 Å². The second-order valence-corrected chi connectivity index (χ2v) is 5.69. The molecule has 1 aliphatic carbocycles. The minimum Gasteiger partial charge on any atom is -0.310 e. The first-order valence-electron chi connectivity index (χ1n) is 7.52. The van der Waals surface area contributed by atoms with Gasteiger partial charge in [-0.15, -0.1) is 0 Å². The number of nitrogens with zero attached hydrogens (tertiary/aromatic N) is 2. The Morgan fingerprint density at radius 1 is 1.33 bits per heavy atom. The molecule has 0 aliphatic heterocycles. The molecule has 1 saturated carbocycles. The first-order chi connectivity index (χ1) is 8.74. The fourth-order valence-electron chi connectivity index (χ4n) is 2.98. The molecule has 0 spiro atoms. The first kappa shape index (κ1) is 13.6. The third-order valence-corrected chi connectivity index (χ3v) is 4.24. The van der Waals surface area contributed by atoms with Crippen molar-refractivity contribution >= 4 is 0 Å². The molecular formula is C15H27N3. The summed E-state index contributed by atoms with van der Waals surface area (Å²) in [5.74, 6) is 0.904. The molecule has 1 aromatic heterocycles. The Bertz CT molecular complexity index is 350. The average Bonchev–Trinajstić information content (AvgIpc) is 2.86. The van der Waals surface area contributed by atoms with Gasteiger partial charge in [-0.3, -0.25) is 4.68 Å².